The van der Waals surface area contributed by atoms with Gasteiger partial charge >= 0.3 is 11.9 Å². The molecule has 1 saturated heterocycles. The number of hydrogen-bond donors (Lipinski definition) is 3. The molecule has 0 spiro atoms. The quantitative estimate of drug-likeness (QED) is 0.427. The molecule has 3 rings (SSSR count). The summed E-state index contributed by atoms with van der Waals surface area (Å²) in [5.74, 6) is -5.11. The zero-order chi connectivity index (χ0) is 20.8. The van der Waals surface area contributed by atoms with E-state index >= 15 is 0 Å². The van der Waals surface area contributed by atoms with Crippen LogP contribution in [0.3, 0.4) is 0 Å². The molecule has 1 heterocycles. The first kappa shape index (κ1) is 19.3. The maximum atomic E-state index is 12.7. The van der Waals surface area contributed by atoms with Gasteiger partial charge < -0.3 is 15.3 Å². The number of nitrogens with zero attached hydrogens (tertiary/aromatic N) is 1. The molecule has 1 aliphatic heterocycles. The van der Waals surface area contributed by atoms with Crippen molar-refractivity contribution in [3.63, 3.8) is 0 Å². The third-order valence-electron chi connectivity index (χ3n) is 4.75. The molecule has 1 atom stereocenters. The van der Waals surface area contributed by atoms with Gasteiger partial charge in [0.15, 0.2) is 0 Å². The summed E-state index contributed by atoms with van der Waals surface area (Å²) in [6.07, 6.45) is 0. The molecule has 1 amide bonds. The van der Waals surface area contributed by atoms with Gasteiger partial charge in [-0.2, -0.15) is 0 Å². The predicted molar refractivity (Wildman–Crippen MR) is 102 cm³/mol. The Bertz CT molecular complexity index is 1040. The standard InChI is InChI=1S/C21H19NO6/c1-11-4-7-14(8-5-11)17(23)16-18(24)19(25)22(21(16,28)20(26)27)15-9-6-12(2)10-13(15)3/h4-10,23,28H,1-3H3,(H,26,27)/b17-16+. The largest absolute Gasteiger partial charge is 0.507 e. The highest BCUT2D eigenvalue weighted by Gasteiger charge is 2.62. The van der Waals surface area contributed by atoms with Crippen molar-refractivity contribution in [1.82, 2.24) is 0 Å². The third-order valence-corrected chi connectivity index (χ3v) is 4.75. The highest BCUT2D eigenvalue weighted by molar-refractivity contribution is 6.54. The fourth-order valence-corrected chi connectivity index (χ4v) is 3.30. The monoisotopic (exact) mass is 381 g/mol. The molecule has 1 aliphatic rings. The Kier molecular flexibility index (Phi) is 4.56. The second-order valence-corrected chi connectivity index (χ2v) is 6.83. The van der Waals surface area contributed by atoms with Crippen molar-refractivity contribution in [2.24, 2.45) is 0 Å². The van der Waals surface area contributed by atoms with E-state index in [1.165, 1.54) is 18.2 Å². The van der Waals surface area contributed by atoms with Crippen molar-refractivity contribution in [2.75, 3.05) is 4.90 Å². The van der Waals surface area contributed by atoms with E-state index < -0.39 is 34.7 Å². The van der Waals surface area contributed by atoms with Crippen LogP contribution in [0.15, 0.2) is 48.0 Å². The average molecular weight is 381 g/mol. The van der Waals surface area contributed by atoms with Crippen LogP contribution >= 0.6 is 0 Å². The zero-order valence-corrected chi connectivity index (χ0v) is 15.6. The number of ketones is 1. The first-order valence-corrected chi connectivity index (χ1v) is 8.51. The van der Waals surface area contributed by atoms with E-state index in [-0.39, 0.29) is 11.3 Å². The Labute approximate surface area is 161 Å². The molecule has 3 N–H and O–H groups in total. The second-order valence-electron chi connectivity index (χ2n) is 6.83. The van der Waals surface area contributed by atoms with Crippen LogP contribution < -0.4 is 4.90 Å². The Morgan fingerprint density at radius 1 is 0.929 bits per heavy atom. The lowest BCUT2D eigenvalue weighted by Gasteiger charge is -2.30. The van der Waals surface area contributed by atoms with E-state index in [1.807, 2.05) is 13.8 Å². The maximum Gasteiger partial charge on any atom is 0.363 e. The van der Waals surface area contributed by atoms with Crippen molar-refractivity contribution in [2.45, 2.75) is 26.5 Å². The Hall–Kier alpha value is -3.45. The SMILES string of the molecule is Cc1ccc(/C(O)=C2/C(=O)C(=O)N(c3ccc(C)cc3C)C2(O)C(=O)O)cc1. The van der Waals surface area contributed by atoms with E-state index in [9.17, 15) is 29.7 Å². The fourth-order valence-electron chi connectivity index (χ4n) is 3.30. The number of rotatable bonds is 3. The van der Waals surface area contributed by atoms with Gasteiger partial charge in [-0.1, -0.05) is 47.5 Å². The van der Waals surface area contributed by atoms with Gasteiger partial charge in [0.2, 0.25) is 0 Å². The number of carboxylic acids is 1. The molecule has 144 valence electrons. The first-order valence-electron chi connectivity index (χ1n) is 8.51. The Balaban J connectivity index is 2.29. The Morgan fingerprint density at radius 3 is 2.04 bits per heavy atom. The number of benzene rings is 2. The summed E-state index contributed by atoms with van der Waals surface area (Å²) in [5, 5.41) is 31.4. The second kappa shape index (κ2) is 6.61. The van der Waals surface area contributed by atoms with Crippen molar-refractivity contribution >= 4 is 29.1 Å². The molecule has 1 unspecified atom stereocenters. The van der Waals surface area contributed by atoms with Gasteiger partial charge in [0, 0.05) is 5.56 Å². The normalized spacial score (nSPS) is 21.2. The van der Waals surface area contributed by atoms with Crippen LogP contribution in [0.1, 0.15) is 22.3 Å². The minimum absolute atomic E-state index is 0.0700. The number of carbonyl (C=O) groups is 3. The summed E-state index contributed by atoms with van der Waals surface area (Å²) in [7, 11) is 0. The highest BCUT2D eigenvalue weighted by Crippen LogP contribution is 2.40. The highest BCUT2D eigenvalue weighted by atomic mass is 16.4. The molecule has 28 heavy (non-hydrogen) atoms. The fraction of sp³-hybridized carbons (Fsp3) is 0.190. The first-order chi connectivity index (χ1) is 13.1. The number of carbonyl (C=O) groups excluding carboxylic acids is 2. The number of aliphatic hydroxyl groups is 2. The number of hydrogen-bond acceptors (Lipinski definition) is 5. The van der Waals surface area contributed by atoms with E-state index in [4.69, 9.17) is 0 Å². The number of anilines is 1. The molecule has 0 aromatic heterocycles. The van der Waals surface area contributed by atoms with E-state index in [0.29, 0.717) is 10.5 Å². The summed E-state index contributed by atoms with van der Waals surface area (Å²) in [6, 6.07) is 11.0. The molecule has 0 aliphatic carbocycles. The number of Topliss-reactive ketones (excluding diaryl/α,β-unsaturated/α-hetero) is 1. The average Bonchev–Trinajstić information content (AvgIpc) is 2.83. The number of aryl methyl sites for hydroxylation is 3. The van der Waals surface area contributed by atoms with Crippen LogP contribution in [0.5, 0.6) is 0 Å². The van der Waals surface area contributed by atoms with Crippen LogP contribution in [0.25, 0.3) is 5.76 Å². The summed E-state index contributed by atoms with van der Waals surface area (Å²) in [5.41, 5.74) is -1.50. The molecule has 7 nitrogen and oxygen atoms in total. The van der Waals surface area contributed by atoms with Gasteiger partial charge in [-0.05, 0) is 32.4 Å². The number of carboxylic acid groups (broad SMARTS) is 1. The third kappa shape index (κ3) is 2.76. The van der Waals surface area contributed by atoms with Crippen molar-refractivity contribution < 1.29 is 29.7 Å². The summed E-state index contributed by atoms with van der Waals surface area (Å²) < 4.78 is 0. The van der Waals surface area contributed by atoms with Gasteiger partial charge in [-0.15, -0.1) is 0 Å². The minimum atomic E-state index is -3.04. The van der Waals surface area contributed by atoms with Crippen LogP contribution in [-0.2, 0) is 14.4 Å². The van der Waals surface area contributed by atoms with Gasteiger partial charge in [-0.3, -0.25) is 14.5 Å². The van der Waals surface area contributed by atoms with Gasteiger partial charge in [0.1, 0.15) is 11.3 Å². The van der Waals surface area contributed by atoms with Crippen LogP contribution in [0.4, 0.5) is 5.69 Å². The van der Waals surface area contributed by atoms with E-state index in [0.717, 1.165) is 11.1 Å². The molecule has 2 aromatic carbocycles. The van der Waals surface area contributed by atoms with Crippen molar-refractivity contribution in [1.29, 1.82) is 0 Å². The Morgan fingerprint density at radius 2 is 1.50 bits per heavy atom. The van der Waals surface area contributed by atoms with Crippen molar-refractivity contribution in [3.05, 3.63) is 70.3 Å². The molecule has 1 fully saturated rings. The lowest BCUT2D eigenvalue weighted by atomic mass is 9.97. The van der Waals surface area contributed by atoms with Gasteiger partial charge in [0.25, 0.3) is 11.5 Å². The van der Waals surface area contributed by atoms with E-state index in [1.54, 1.807) is 31.2 Å². The molecule has 0 bridgehead atoms. The smallest absolute Gasteiger partial charge is 0.363 e. The van der Waals surface area contributed by atoms with Gasteiger partial charge in [0.05, 0.1) is 5.69 Å². The molecular formula is C21H19NO6. The molecule has 7 heteroatoms. The number of aliphatic hydroxyl groups excluding tert-OH is 1. The van der Waals surface area contributed by atoms with E-state index in [2.05, 4.69) is 0 Å². The molecular weight excluding hydrogens is 362 g/mol. The summed E-state index contributed by atoms with van der Waals surface area (Å²) >= 11 is 0. The lowest BCUT2D eigenvalue weighted by Crippen LogP contribution is -2.53. The van der Waals surface area contributed by atoms with Gasteiger partial charge in [-0.25, -0.2) is 4.79 Å². The summed E-state index contributed by atoms with van der Waals surface area (Å²) in [6.45, 7) is 5.25. The topological polar surface area (TPSA) is 115 Å². The van der Waals surface area contributed by atoms with Crippen LogP contribution in [0, 0.1) is 20.8 Å². The van der Waals surface area contributed by atoms with Crippen LogP contribution in [0.2, 0.25) is 0 Å². The number of aliphatic carboxylic acids is 1. The zero-order valence-electron chi connectivity index (χ0n) is 15.6. The molecule has 0 radical (unpaired) electrons. The number of amides is 1. The van der Waals surface area contributed by atoms with Crippen molar-refractivity contribution in [3.8, 4) is 0 Å². The summed E-state index contributed by atoms with van der Waals surface area (Å²) in [4.78, 5) is 37.9. The van der Waals surface area contributed by atoms with Crippen LogP contribution in [-0.4, -0.2) is 38.7 Å². The molecule has 0 saturated carbocycles. The molecule has 2 aromatic rings. The minimum Gasteiger partial charge on any atom is -0.507 e. The predicted octanol–water partition coefficient (Wildman–Crippen LogP) is 2.27. The lowest BCUT2D eigenvalue weighted by molar-refractivity contribution is -0.154. The maximum absolute atomic E-state index is 12.7.